The molecule has 1 amide bonds. The molecule has 1 aliphatic rings. The first-order valence-electron chi connectivity index (χ1n) is 7.14. The summed E-state index contributed by atoms with van der Waals surface area (Å²) in [6.07, 6.45) is 5.77. The van der Waals surface area contributed by atoms with E-state index in [0.29, 0.717) is 26.2 Å². The molecule has 1 N–H and O–H groups in total. The van der Waals surface area contributed by atoms with E-state index in [1.165, 1.54) is 0 Å². The van der Waals surface area contributed by atoms with E-state index >= 15 is 0 Å². The maximum Gasteiger partial charge on any atom is 0.222 e. The van der Waals surface area contributed by atoms with Crippen LogP contribution in [0.5, 0.6) is 0 Å². The number of hydrogen-bond donors (Lipinski definition) is 1. The van der Waals surface area contributed by atoms with E-state index in [0.717, 1.165) is 18.7 Å². The van der Waals surface area contributed by atoms with Gasteiger partial charge in [0.05, 0.1) is 12.6 Å². The van der Waals surface area contributed by atoms with Gasteiger partial charge in [0.15, 0.2) is 0 Å². The summed E-state index contributed by atoms with van der Waals surface area (Å²) >= 11 is 0. The summed E-state index contributed by atoms with van der Waals surface area (Å²) in [6.45, 7) is 3.94. The highest BCUT2D eigenvalue weighted by Gasteiger charge is 2.26. The third-order valence-corrected chi connectivity index (χ3v) is 3.65. The number of carbonyl (C=O) groups is 1. The zero-order chi connectivity index (χ0) is 14.4. The SMILES string of the molecule is CCc1nccn1CCC(=O)N[C@@H]1CCOC[C@H]1OC. The number of hydrogen-bond acceptors (Lipinski definition) is 4. The van der Waals surface area contributed by atoms with Gasteiger partial charge in [-0.25, -0.2) is 4.98 Å². The van der Waals surface area contributed by atoms with Crippen molar-refractivity contribution in [2.45, 2.75) is 44.9 Å². The fourth-order valence-corrected chi connectivity index (χ4v) is 2.47. The third-order valence-electron chi connectivity index (χ3n) is 3.65. The summed E-state index contributed by atoms with van der Waals surface area (Å²) in [6, 6.07) is 0.0506. The quantitative estimate of drug-likeness (QED) is 0.836. The molecule has 2 heterocycles. The van der Waals surface area contributed by atoms with Gasteiger partial charge in [0.2, 0.25) is 5.91 Å². The molecule has 1 aromatic rings. The number of imidazole rings is 1. The Morgan fingerprint density at radius 1 is 1.65 bits per heavy atom. The van der Waals surface area contributed by atoms with Crippen molar-refractivity contribution in [1.29, 1.82) is 0 Å². The average Bonchev–Trinajstić information content (AvgIpc) is 2.93. The summed E-state index contributed by atoms with van der Waals surface area (Å²) in [7, 11) is 1.65. The summed E-state index contributed by atoms with van der Waals surface area (Å²) in [4.78, 5) is 16.3. The van der Waals surface area contributed by atoms with E-state index in [2.05, 4.69) is 17.2 Å². The van der Waals surface area contributed by atoms with Gasteiger partial charge in [-0.05, 0) is 6.42 Å². The van der Waals surface area contributed by atoms with E-state index in [1.807, 2.05) is 10.8 Å². The van der Waals surface area contributed by atoms with Crippen molar-refractivity contribution < 1.29 is 14.3 Å². The number of nitrogens with one attached hydrogen (secondary N) is 1. The van der Waals surface area contributed by atoms with Gasteiger partial charge in [-0.1, -0.05) is 6.92 Å². The molecule has 6 nitrogen and oxygen atoms in total. The standard InChI is InChI=1S/C14H23N3O3/c1-3-13-15-6-8-17(13)7-4-14(18)16-11-5-9-20-10-12(11)19-2/h6,8,11-12H,3-5,7,9-10H2,1-2H3,(H,16,18)/t11-,12-/m1/s1. The molecule has 112 valence electrons. The normalized spacial score (nSPS) is 22.7. The average molecular weight is 281 g/mol. The van der Waals surface area contributed by atoms with E-state index in [9.17, 15) is 4.79 Å². The van der Waals surface area contributed by atoms with Gasteiger partial charge in [0, 0.05) is 45.5 Å². The summed E-state index contributed by atoms with van der Waals surface area (Å²) in [5.74, 6) is 1.06. The van der Waals surface area contributed by atoms with Crippen LogP contribution < -0.4 is 5.32 Å². The lowest BCUT2D eigenvalue weighted by Crippen LogP contribution is -2.49. The summed E-state index contributed by atoms with van der Waals surface area (Å²) in [5, 5.41) is 3.04. The fourth-order valence-electron chi connectivity index (χ4n) is 2.47. The lowest BCUT2D eigenvalue weighted by molar-refractivity contribution is -0.125. The largest absolute Gasteiger partial charge is 0.379 e. The number of aryl methyl sites for hydroxylation is 2. The van der Waals surface area contributed by atoms with Gasteiger partial charge in [0.25, 0.3) is 0 Å². The maximum absolute atomic E-state index is 12.0. The molecule has 0 aromatic carbocycles. The van der Waals surface area contributed by atoms with Crippen molar-refractivity contribution >= 4 is 5.91 Å². The van der Waals surface area contributed by atoms with E-state index in [-0.39, 0.29) is 18.1 Å². The molecule has 1 fully saturated rings. The van der Waals surface area contributed by atoms with Crippen LogP contribution in [0.1, 0.15) is 25.6 Å². The maximum atomic E-state index is 12.0. The predicted octanol–water partition coefficient (Wildman–Crippen LogP) is 0.756. The van der Waals surface area contributed by atoms with Crippen LogP contribution in [0.25, 0.3) is 0 Å². The molecule has 0 saturated carbocycles. The minimum absolute atomic E-state index is 0.0489. The Hall–Kier alpha value is -1.40. The number of methoxy groups -OCH3 is 1. The van der Waals surface area contributed by atoms with Crippen LogP contribution in [0.2, 0.25) is 0 Å². The second-order valence-corrected chi connectivity index (χ2v) is 4.95. The molecule has 0 bridgehead atoms. The lowest BCUT2D eigenvalue weighted by Gasteiger charge is -2.31. The third kappa shape index (κ3) is 3.80. The van der Waals surface area contributed by atoms with Crippen molar-refractivity contribution in [3.63, 3.8) is 0 Å². The second kappa shape index (κ2) is 7.40. The van der Waals surface area contributed by atoms with Crippen molar-refractivity contribution in [1.82, 2.24) is 14.9 Å². The molecule has 20 heavy (non-hydrogen) atoms. The monoisotopic (exact) mass is 281 g/mol. The second-order valence-electron chi connectivity index (χ2n) is 4.95. The van der Waals surface area contributed by atoms with Crippen molar-refractivity contribution in [2.75, 3.05) is 20.3 Å². The molecule has 0 unspecified atom stereocenters. The number of ether oxygens (including phenoxy) is 2. The number of carbonyl (C=O) groups excluding carboxylic acids is 1. The first-order valence-corrected chi connectivity index (χ1v) is 7.14. The van der Waals surface area contributed by atoms with Gasteiger partial charge in [-0.3, -0.25) is 4.79 Å². The van der Waals surface area contributed by atoms with Gasteiger partial charge < -0.3 is 19.4 Å². The minimum Gasteiger partial charge on any atom is -0.379 e. The molecule has 0 spiro atoms. The van der Waals surface area contributed by atoms with E-state index < -0.39 is 0 Å². The van der Waals surface area contributed by atoms with Crippen LogP contribution >= 0.6 is 0 Å². The summed E-state index contributed by atoms with van der Waals surface area (Å²) < 4.78 is 12.7. The molecule has 1 aliphatic heterocycles. The molecule has 1 saturated heterocycles. The summed E-state index contributed by atoms with van der Waals surface area (Å²) in [5.41, 5.74) is 0. The van der Waals surface area contributed by atoms with Crippen LogP contribution in [0, 0.1) is 0 Å². The topological polar surface area (TPSA) is 65.4 Å². The van der Waals surface area contributed by atoms with Crippen LogP contribution in [0.3, 0.4) is 0 Å². The molecule has 1 aromatic heterocycles. The molecular formula is C14H23N3O3. The Balaban J connectivity index is 1.80. The number of amides is 1. The lowest BCUT2D eigenvalue weighted by atomic mass is 10.1. The van der Waals surface area contributed by atoms with Gasteiger partial charge in [-0.2, -0.15) is 0 Å². The number of aromatic nitrogens is 2. The predicted molar refractivity (Wildman–Crippen MR) is 74.4 cm³/mol. The smallest absolute Gasteiger partial charge is 0.222 e. The van der Waals surface area contributed by atoms with Gasteiger partial charge >= 0.3 is 0 Å². The minimum atomic E-state index is -0.0489. The van der Waals surface area contributed by atoms with Crippen LogP contribution in [-0.2, 0) is 27.2 Å². The Morgan fingerprint density at radius 3 is 3.25 bits per heavy atom. The highest BCUT2D eigenvalue weighted by molar-refractivity contribution is 5.76. The molecule has 2 rings (SSSR count). The Morgan fingerprint density at radius 2 is 2.50 bits per heavy atom. The van der Waals surface area contributed by atoms with Gasteiger partial charge in [0.1, 0.15) is 11.9 Å². The first kappa shape index (κ1) is 15.0. The number of rotatable bonds is 6. The zero-order valence-electron chi connectivity index (χ0n) is 12.2. The van der Waals surface area contributed by atoms with E-state index in [4.69, 9.17) is 9.47 Å². The van der Waals surface area contributed by atoms with Crippen LogP contribution in [0.15, 0.2) is 12.4 Å². The molecule has 0 radical (unpaired) electrons. The van der Waals surface area contributed by atoms with Crippen molar-refractivity contribution in [3.8, 4) is 0 Å². The molecular weight excluding hydrogens is 258 g/mol. The molecule has 0 aliphatic carbocycles. The zero-order valence-corrected chi connectivity index (χ0v) is 12.2. The van der Waals surface area contributed by atoms with Crippen molar-refractivity contribution in [2.24, 2.45) is 0 Å². The Kier molecular flexibility index (Phi) is 5.55. The van der Waals surface area contributed by atoms with Crippen LogP contribution in [-0.4, -0.2) is 47.9 Å². The molecule has 2 atom stereocenters. The fraction of sp³-hybridized carbons (Fsp3) is 0.714. The highest BCUT2D eigenvalue weighted by Crippen LogP contribution is 2.11. The molecule has 6 heteroatoms. The van der Waals surface area contributed by atoms with E-state index in [1.54, 1.807) is 13.3 Å². The number of nitrogens with zero attached hydrogens (tertiary/aromatic N) is 2. The first-order chi connectivity index (χ1) is 9.74. The Labute approximate surface area is 119 Å². The van der Waals surface area contributed by atoms with Crippen molar-refractivity contribution in [3.05, 3.63) is 18.2 Å². The van der Waals surface area contributed by atoms with Crippen LogP contribution in [0.4, 0.5) is 0 Å². The van der Waals surface area contributed by atoms with Gasteiger partial charge in [-0.15, -0.1) is 0 Å². The Bertz CT molecular complexity index is 433. The highest BCUT2D eigenvalue weighted by atomic mass is 16.5.